The van der Waals surface area contributed by atoms with E-state index >= 15 is 0 Å². The summed E-state index contributed by atoms with van der Waals surface area (Å²) in [5, 5.41) is 15.1. The van der Waals surface area contributed by atoms with Gasteiger partial charge in [-0.1, -0.05) is 48.9 Å². The van der Waals surface area contributed by atoms with Gasteiger partial charge in [-0.15, -0.1) is 0 Å². The van der Waals surface area contributed by atoms with Gasteiger partial charge in [-0.3, -0.25) is 9.59 Å². The van der Waals surface area contributed by atoms with Crippen LogP contribution in [-0.4, -0.2) is 88.3 Å². The fourth-order valence-electron chi connectivity index (χ4n) is 4.55. The largest absolute Gasteiger partial charge is 0.508 e. The maximum Gasteiger partial charge on any atom is 0.339 e. The molecular formula is C26H29N5O5. The van der Waals surface area contributed by atoms with Crippen LogP contribution in [0.25, 0.3) is 0 Å². The van der Waals surface area contributed by atoms with Crippen molar-refractivity contribution in [2.45, 2.75) is 25.2 Å². The van der Waals surface area contributed by atoms with Gasteiger partial charge in [0.1, 0.15) is 24.5 Å². The molecule has 0 unspecified atom stereocenters. The molecule has 0 aliphatic carbocycles. The van der Waals surface area contributed by atoms with E-state index in [9.17, 15) is 19.5 Å². The Balaban J connectivity index is 1.64. The van der Waals surface area contributed by atoms with Crippen LogP contribution in [0.2, 0.25) is 0 Å². The molecule has 2 aromatic rings. The van der Waals surface area contributed by atoms with Crippen molar-refractivity contribution in [3.63, 3.8) is 0 Å². The molecule has 0 aromatic heterocycles. The lowest BCUT2D eigenvalue weighted by atomic mass is 9.98. The first kappa shape index (κ1) is 24.9. The van der Waals surface area contributed by atoms with E-state index < -0.39 is 18.2 Å². The minimum absolute atomic E-state index is 0.0942. The predicted molar refractivity (Wildman–Crippen MR) is 131 cm³/mol. The molecule has 36 heavy (non-hydrogen) atoms. The zero-order chi connectivity index (χ0) is 25.7. The molecule has 4 rings (SSSR count). The second-order valence-electron chi connectivity index (χ2n) is 8.62. The highest BCUT2D eigenvalue weighted by Gasteiger charge is 2.51. The Morgan fingerprint density at radius 1 is 1.14 bits per heavy atom. The van der Waals surface area contributed by atoms with Gasteiger partial charge in [0.05, 0.1) is 13.2 Å². The van der Waals surface area contributed by atoms with Crippen LogP contribution in [0, 0.1) is 12.5 Å². The number of hydrogen-bond donors (Lipinski definition) is 2. The summed E-state index contributed by atoms with van der Waals surface area (Å²) < 4.78 is 5.18. The predicted octanol–water partition coefficient (Wildman–Crippen LogP) is 0.980. The van der Waals surface area contributed by atoms with Crippen molar-refractivity contribution in [3.05, 3.63) is 65.7 Å². The molecule has 188 valence electrons. The maximum absolute atomic E-state index is 13.5. The number of amides is 4. The van der Waals surface area contributed by atoms with Crippen LogP contribution in [0.5, 0.6) is 5.75 Å². The molecule has 2 N–H and O–H groups in total. The van der Waals surface area contributed by atoms with Gasteiger partial charge in [-0.25, -0.2) is 14.8 Å². The number of ether oxygens (including phenoxy) is 1. The van der Waals surface area contributed by atoms with Gasteiger partial charge in [-0.05, 0) is 23.3 Å². The average Bonchev–Trinajstić information content (AvgIpc) is 2.89. The van der Waals surface area contributed by atoms with Crippen molar-refractivity contribution in [1.82, 2.24) is 25.1 Å². The summed E-state index contributed by atoms with van der Waals surface area (Å²) in [4.78, 5) is 43.2. The number of rotatable bonds is 7. The topological polar surface area (TPSA) is 106 Å². The van der Waals surface area contributed by atoms with E-state index in [0.717, 1.165) is 11.1 Å². The molecule has 2 aliphatic heterocycles. The third kappa shape index (κ3) is 5.21. The Bertz CT molecular complexity index is 1130. The molecule has 2 fully saturated rings. The fourth-order valence-corrected chi connectivity index (χ4v) is 4.55. The number of phenolic OH excluding ortho intramolecular Hbond substituents is 1. The highest BCUT2D eigenvalue weighted by atomic mass is 16.5. The second kappa shape index (κ2) is 11.0. The molecule has 0 radical (unpaired) electrons. The zero-order valence-corrected chi connectivity index (χ0v) is 20.0. The van der Waals surface area contributed by atoms with Crippen molar-refractivity contribution in [2.75, 3.05) is 33.4 Å². The first-order valence-electron chi connectivity index (χ1n) is 11.6. The first-order chi connectivity index (χ1) is 17.4. The van der Waals surface area contributed by atoms with Crippen molar-refractivity contribution in [2.24, 2.45) is 0 Å². The standard InChI is InChI=1S/C26H29N5O5/c1-3-29-18-24(33)30-22(15-19-9-11-21(32)12-10-19)25(34)28(13-14-36-2)17-23(30)31(29)26(35)27-16-20-7-5-4-6-8-20/h1,4-12,22-23,32H,13-18H2,2H3,(H,27,35)/t22-,23-/m0/s1. The smallest absolute Gasteiger partial charge is 0.339 e. The van der Waals surface area contributed by atoms with E-state index in [1.165, 1.54) is 27.1 Å². The third-order valence-electron chi connectivity index (χ3n) is 6.33. The molecule has 4 amide bonds. The van der Waals surface area contributed by atoms with E-state index in [-0.39, 0.29) is 43.6 Å². The fraction of sp³-hybridized carbons (Fsp3) is 0.346. The Labute approximate surface area is 210 Å². The van der Waals surface area contributed by atoms with Gasteiger partial charge in [0.2, 0.25) is 11.8 Å². The number of phenols is 1. The van der Waals surface area contributed by atoms with Crippen molar-refractivity contribution in [3.8, 4) is 18.2 Å². The van der Waals surface area contributed by atoms with Gasteiger partial charge in [-0.2, -0.15) is 0 Å². The summed E-state index contributed by atoms with van der Waals surface area (Å²) in [6, 6.07) is 17.0. The van der Waals surface area contributed by atoms with E-state index in [2.05, 4.69) is 11.4 Å². The van der Waals surface area contributed by atoms with Gasteiger partial charge < -0.3 is 25.0 Å². The third-order valence-corrected chi connectivity index (χ3v) is 6.33. The van der Waals surface area contributed by atoms with E-state index in [0.29, 0.717) is 13.2 Å². The Morgan fingerprint density at radius 3 is 2.53 bits per heavy atom. The number of hydrogen-bond acceptors (Lipinski definition) is 6. The molecule has 2 atom stereocenters. The van der Waals surface area contributed by atoms with E-state index in [1.54, 1.807) is 24.1 Å². The summed E-state index contributed by atoms with van der Waals surface area (Å²) in [6.07, 6.45) is 5.12. The van der Waals surface area contributed by atoms with Crippen LogP contribution in [0.3, 0.4) is 0 Å². The van der Waals surface area contributed by atoms with Crippen LogP contribution in [-0.2, 0) is 27.3 Å². The van der Waals surface area contributed by atoms with Crippen LogP contribution in [0.15, 0.2) is 54.6 Å². The zero-order valence-electron chi connectivity index (χ0n) is 20.0. The number of urea groups is 1. The highest BCUT2D eigenvalue weighted by molar-refractivity contribution is 5.91. The second-order valence-corrected chi connectivity index (χ2v) is 8.62. The molecule has 2 aliphatic rings. The number of piperazine rings is 1. The first-order valence-corrected chi connectivity index (χ1v) is 11.6. The van der Waals surface area contributed by atoms with Crippen molar-refractivity contribution in [1.29, 1.82) is 0 Å². The van der Waals surface area contributed by atoms with Crippen LogP contribution < -0.4 is 5.32 Å². The van der Waals surface area contributed by atoms with Crippen LogP contribution in [0.1, 0.15) is 11.1 Å². The summed E-state index contributed by atoms with van der Waals surface area (Å²) in [5.74, 6) is -0.467. The molecule has 0 saturated carbocycles. The van der Waals surface area contributed by atoms with Gasteiger partial charge in [0, 0.05) is 32.7 Å². The number of terminal acetylenes is 1. The molecule has 2 aromatic carbocycles. The van der Waals surface area contributed by atoms with Gasteiger partial charge >= 0.3 is 6.03 Å². The number of nitrogens with zero attached hydrogens (tertiary/aromatic N) is 4. The number of nitrogens with one attached hydrogen (secondary N) is 1. The quantitative estimate of drug-likeness (QED) is 0.560. The number of hydrazine groups is 1. The summed E-state index contributed by atoms with van der Waals surface area (Å²) in [5.41, 5.74) is 1.68. The van der Waals surface area contributed by atoms with Crippen molar-refractivity contribution >= 4 is 17.8 Å². The lowest BCUT2D eigenvalue weighted by molar-refractivity contribution is -0.183. The summed E-state index contributed by atoms with van der Waals surface area (Å²) in [7, 11) is 1.54. The number of benzene rings is 2. The minimum Gasteiger partial charge on any atom is -0.508 e. The number of fused-ring (bicyclic) bond motifs is 1. The maximum atomic E-state index is 13.5. The molecule has 0 spiro atoms. The van der Waals surface area contributed by atoms with Crippen LogP contribution in [0.4, 0.5) is 4.79 Å². The van der Waals surface area contributed by atoms with Crippen LogP contribution >= 0.6 is 0 Å². The van der Waals surface area contributed by atoms with Gasteiger partial charge in [0.25, 0.3) is 0 Å². The lowest BCUT2D eigenvalue weighted by Crippen LogP contribution is -2.76. The molecule has 0 bridgehead atoms. The number of aromatic hydroxyl groups is 1. The summed E-state index contributed by atoms with van der Waals surface area (Å²) in [6.45, 7) is 0.742. The summed E-state index contributed by atoms with van der Waals surface area (Å²) >= 11 is 0. The monoisotopic (exact) mass is 491 g/mol. The Morgan fingerprint density at radius 2 is 1.86 bits per heavy atom. The van der Waals surface area contributed by atoms with Crippen molar-refractivity contribution < 1.29 is 24.2 Å². The minimum atomic E-state index is -0.845. The molecule has 2 heterocycles. The lowest BCUT2D eigenvalue weighted by Gasteiger charge is -2.54. The Kier molecular flexibility index (Phi) is 7.61. The molecular weight excluding hydrogens is 462 g/mol. The number of carbonyl (C=O) groups is 3. The normalized spacial score (nSPS) is 19.7. The molecule has 10 heteroatoms. The highest BCUT2D eigenvalue weighted by Crippen LogP contribution is 2.28. The SMILES string of the molecule is C#CN1CC(=O)N2[C@@H](Cc3ccc(O)cc3)C(=O)N(CCOC)C[C@@H]2N1C(=O)NCc1ccccc1. The number of carbonyl (C=O) groups excluding carboxylic acids is 3. The number of methoxy groups -OCH3 is 1. The molecule has 10 nitrogen and oxygen atoms in total. The van der Waals surface area contributed by atoms with E-state index in [4.69, 9.17) is 11.2 Å². The van der Waals surface area contributed by atoms with Gasteiger partial charge in [0.15, 0.2) is 0 Å². The Hall–Kier alpha value is -4.23. The molecule has 2 saturated heterocycles. The van der Waals surface area contributed by atoms with E-state index in [1.807, 2.05) is 30.3 Å². The average molecular weight is 492 g/mol.